The maximum atomic E-state index is 13.5. The number of aliphatic hydroxyl groups excluding tert-OH is 1. The number of halogens is 1. The monoisotopic (exact) mass is 261 g/mol. The van der Waals surface area contributed by atoms with Crippen LogP contribution in [0.2, 0.25) is 0 Å². The predicted octanol–water partition coefficient (Wildman–Crippen LogP) is 0.621. The van der Waals surface area contributed by atoms with Crippen LogP contribution in [0.1, 0.15) is 18.5 Å². The van der Waals surface area contributed by atoms with E-state index in [0.29, 0.717) is 0 Å². The molecule has 17 heavy (non-hydrogen) atoms. The van der Waals surface area contributed by atoms with Gasteiger partial charge in [-0.3, -0.25) is 0 Å². The lowest BCUT2D eigenvalue weighted by Gasteiger charge is -2.22. The molecule has 0 aliphatic carbocycles. The highest BCUT2D eigenvalue weighted by atomic mass is 32.2. The molecule has 3 N–H and O–H groups in total. The SMILES string of the molecule is CCS(=O)(=O)[C@@H](CO)[C@H](N)c1ccccc1F. The Labute approximate surface area is 100 Å². The Morgan fingerprint density at radius 1 is 1.41 bits per heavy atom. The summed E-state index contributed by atoms with van der Waals surface area (Å²) in [7, 11) is -3.52. The second-order valence-corrected chi connectivity index (χ2v) is 6.23. The molecule has 6 heteroatoms. The average Bonchev–Trinajstić information content (AvgIpc) is 2.30. The number of sulfone groups is 1. The van der Waals surface area contributed by atoms with E-state index in [-0.39, 0.29) is 11.3 Å². The Hall–Kier alpha value is -0.980. The normalized spacial score (nSPS) is 15.5. The van der Waals surface area contributed by atoms with Crippen molar-refractivity contribution in [1.29, 1.82) is 0 Å². The molecule has 0 radical (unpaired) electrons. The molecular weight excluding hydrogens is 245 g/mol. The van der Waals surface area contributed by atoms with Gasteiger partial charge < -0.3 is 10.8 Å². The van der Waals surface area contributed by atoms with Crippen molar-refractivity contribution >= 4 is 9.84 Å². The first-order valence-corrected chi connectivity index (χ1v) is 6.98. The summed E-state index contributed by atoms with van der Waals surface area (Å²) in [6.07, 6.45) is 0. The van der Waals surface area contributed by atoms with Crippen LogP contribution in [0.3, 0.4) is 0 Å². The summed E-state index contributed by atoms with van der Waals surface area (Å²) >= 11 is 0. The van der Waals surface area contributed by atoms with Gasteiger partial charge in [0.1, 0.15) is 11.1 Å². The second kappa shape index (κ2) is 5.57. The molecule has 0 saturated heterocycles. The zero-order valence-corrected chi connectivity index (χ0v) is 10.3. The molecule has 2 atom stereocenters. The molecule has 96 valence electrons. The van der Waals surface area contributed by atoms with Gasteiger partial charge in [0.2, 0.25) is 0 Å². The van der Waals surface area contributed by atoms with E-state index < -0.39 is 33.6 Å². The van der Waals surface area contributed by atoms with Crippen molar-refractivity contribution in [3.8, 4) is 0 Å². The molecule has 0 bridgehead atoms. The van der Waals surface area contributed by atoms with Crippen molar-refractivity contribution in [2.24, 2.45) is 5.73 Å². The van der Waals surface area contributed by atoms with E-state index in [4.69, 9.17) is 10.8 Å². The van der Waals surface area contributed by atoms with Gasteiger partial charge in [-0.05, 0) is 6.07 Å². The highest BCUT2D eigenvalue weighted by molar-refractivity contribution is 7.92. The van der Waals surface area contributed by atoms with Gasteiger partial charge in [-0.25, -0.2) is 12.8 Å². The Kier molecular flexibility index (Phi) is 4.62. The van der Waals surface area contributed by atoms with E-state index in [9.17, 15) is 12.8 Å². The largest absolute Gasteiger partial charge is 0.395 e. The standard InChI is InChI=1S/C11H16FNO3S/c1-2-17(15,16)10(7-14)11(13)8-5-3-4-6-9(8)12/h3-6,10-11,14H,2,7,13H2,1H3/t10-,11+/m0/s1. The fraction of sp³-hybridized carbons (Fsp3) is 0.455. The lowest BCUT2D eigenvalue weighted by Crippen LogP contribution is -2.38. The summed E-state index contributed by atoms with van der Waals surface area (Å²) < 4.78 is 36.9. The number of benzene rings is 1. The summed E-state index contributed by atoms with van der Waals surface area (Å²) in [5.74, 6) is -0.704. The van der Waals surface area contributed by atoms with Crippen LogP contribution < -0.4 is 5.73 Å². The summed E-state index contributed by atoms with van der Waals surface area (Å²) in [6.45, 7) is 0.845. The topological polar surface area (TPSA) is 80.4 Å². The minimum Gasteiger partial charge on any atom is -0.395 e. The van der Waals surface area contributed by atoms with Crippen LogP contribution >= 0.6 is 0 Å². The maximum absolute atomic E-state index is 13.5. The third-order valence-corrected chi connectivity index (χ3v) is 4.88. The van der Waals surface area contributed by atoms with Gasteiger partial charge in [0, 0.05) is 11.3 Å². The van der Waals surface area contributed by atoms with Gasteiger partial charge in [0.05, 0.1) is 12.6 Å². The Bertz CT molecular complexity index is 475. The first kappa shape index (κ1) is 14.1. The fourth-order valence-electron chi connectivity index (χ4n) is 1.61. The van der Waals surface area contributed by atoms with Crippen LogP contribution in [-0.2, 0) is 9.84 Å². The molecule has 1 aromatic rings. The minimum absolute atomic E-state index is 0.101. The Morgan fingerprint density at radius 3 is 2.47 bits per heavy atom. The van der Waals surface area contributed by atoms with E-state index in [1.165, 1.54) is 25.1 Å². The summed E-state index contributed by atoms with van der Waals surface area (Å²) in [5.41, 5.74) is 5.83. The fourth-order valence-corrected chi connectivity index (χ4v) is 2.86. The highest BCUT2D eigenvalue weighted by Crippen LogP contribution is 2.22. The molecule has 0 fully saturated rings. The van der Waals surface area contributed by atoms with E-state index >= 15 is 0 Å². The molecule has 0 heterocycles. The van der Waals surface area contributed by atoms with Crippen molar-refractivity contribution < 1.29 is 17.9 Å². The maximum Gasteiger partial charge on any atom is 0.157 e. The summed E-state index contributed by atoms with van der Waals surface area (Å²) in [4.78, 5) is 0. The molecule has 0 amide bonds. The van der Waals surface area contributed by atoms with Crippen molar-refractivity contribution in [3.05, 3.63) is 35.6 Å². The number of nitrogens with two attached hydrogens (primary N) is 1. The molecule has 0 aromatic heterocycles. The van der Waals surface area contributed by atoms with Gasteiger partial charge in [-0.15, -0.1) is 0 Å². The van der Waals surface area contributed by atoms with E-state index in [1.54, 1.807) is 6.07 Å². The van der Waals surface area contributed by atoms with Crippen LogP contribution in [0.15, 0.2) is 24.3 Å². The van der Waals surface area contributed by atoms with Crippen molar-refractivity contribution in [2.75, 3.05) is 12.4 Å². The van der Waals surface area contributed by atoms with Gasteiger partial charge >= 0.3 is 0 Å². The Balaban J connectivity index is 3.11. The van der Waals surface area contributed by atoms with E-state index in [2.05, 4.69) is 0 Å². The molecule has 0 aliphatic rings. The highest BCUT2D eigenvalue weighted by Gasteiger charge is 2.31. The molecule has 1 rings (SSSR count). The van der Waals surface area contributed by atoms with Crippen LogP contribution in [0.4, 0.5) is 4.39 Å². The number of hydrogen-bond donors (Lipinski definition) is 2. The molecule has 0 unspecified atom stereocenters. The Morgan fingerprint density at radius 2 is 2.00 bits per heavy atom. The van der Waals surface area contributed by atoms with Crippen molar-refractivity contribution in [2.45, 2.75) is 18.2 Å². The molecule has 1 aromatic carbocycles. The van der Waals surface area contributed by atoms with E-state index in [0.717, 1.165) is 0 Å². The predicted molar refractivity (Wildman–Crippen MR) is 63.7 cm³/mol. The van der Waals surface area contributed by atoms with Crippen molar-refractivity contribution in [1.82, 2.24) is 0 Å². The quantitative estimate of drug-likeness (QED) is 0.814. The van der Waals surface area contributed by atoms with Crippen molar-refractivity contribution in [3.63, 3.8) is 0 Å². The van der Waals surface area contributed by atoms with Crippen LogP contribution in [0, 0.1) is 5.82 Å². The first-order chi connectivity index (χ1) is 7.94. The molecule has 4 nitrogen and oxygen atoms in total. The number of rotatable bonds is 5. The van der Waals surface area contributed by atoms with Crippen LogP contribution in [-0.4, -0.2) is 31.1 Å². The van der Waals surface area contributed by atoms with Gasteiger partial charge in [0.25, 0.3) is 0 Å². The van der Waals surface area contributed by atoms with Gasteiger partial charge in [-0.1, -0.05) is 25.1 Å². The molecule has 0 saturated carbocycles. The third kappa shape index (κ3) is 3.02. The first-order valence-electron chi connectivity index (χ1n) is 5.26. The molecular formula is C11H16FNO3S. The summed E-state index contributed by atoms with van der Waals surface area (Å²) in [6, 6.07) is 4.64. The van der Waals surface area contributed by atoms with Crippen LogP contribution in [0.25, 0.3) is 0 Å². The second-order valence-electron chi connectivity index (χ2n) is 3.72. The van der Waals surface area contributed by atoms with Gasteiger partial charge in [0.15, 0.2) is 9.84 Å². The zero-order chi connectivity index (χ0) is 13.1. The lowest BCUT2D eigenvalue weighted by atomic mass is 10.0. The zero-order valence-electron chi connectivity index (χ0n) is 9.51. The minimum atomic E-state index is -3.52. The number of aliphatic hydroxyl groups is 1. The molecule has 0 spiro atoms. The smallest absolute Gasteiger partial charge is 0.157 e. The summed E-state index contributed by atoms with van der Waals surface area (Å²) in [5, 5.41) is 7.96. The number of hydrogen-bond acceptors (Lipinski definition) is 4. The van der Waals surface area contributed by atoms with Crippen LogP contribution in [0.5, 0.6) is 0 Å². The van der Waals surface area contributed by atoms with Gasteiger partial charge in [-0.2, -0.15) is 0 Å². The molecule has 0 aliphatic heterocycles. The lowest BCUT2D eigenvalue weighted by molar-refractivity contribution is 0.276. The van der Waals surface area contributed by atoms with E-state index in [1.807, 2.05) is 0 Å². The third-order valence-electron chi connectivity index (χ3n) is 2.71. The average molecular weight is 261 g/mol.